The molecule has 0 unspecified atom stereocenters. The van der Waals surface area contributed by atoms with E-state index in [0.717, 1.165) is 16.5 Å². The maximum absolute atomic E-state index is 11.6. The van der Waals surface area contributed by atoms with Crippen molar-refractivity contribution in [2.24, 2.45) is 0 Å². The second-order valence-electron chi connectivity index (χ2n) is 4.60. The van der Waals surface area contributed by atoms with Gasteiger partial charge in [0.15, 0.2) is 0 Å². The van der Waals surface area contributed by atoms with Crippen LogP contribution in [0.4, 0.5) is 0 Å². The highest BCUT2D eigenvalue weighted by Crippen LogP contribution is 2.16. The molecule has 2 rings (SSSR count). The molecule has 21 heavy (non-hydrogen) atoms. The summed E-state index contributed by atoms with van der Waals surface area (Å²) in [5.41, 5.74) is 1.80. The lowest BCUT2D eigenvalue weighted by Gasteiger charge is -2.07. The number of rotatable bonds is 7. The predicted octanol–water partition coefficient (Wildman–Crippen LogP) is 1.17. The van der Waals surface area contributed by atoms with Crippen LogP contribution in [0.25, 0.3) is 10.9 Å². The average molecular weight is 308 g/mol. The number of carbonyl (C=O) groups is 1. The van der Waals surface area contributed by atoms with Crippen molar-refractivity contribution in [3.63, 3.8) is 0 Å². The molecule has 0 radical (unpaired) electrons. The quantitative estimate of drug-likeness (QED) is 0.800. The zero-order chi connectivity index (χ0) is 15.3. The minimum absolute atomic E-state index is 0.220. The topological polar surface area (TPSA) is 96.4 Å². The van der Waals surface area contributed by atoms with Crippen LogP contribution in [0.2, 0.25) is 0 Å². The Morgan fingerprint density at radius 2 is 2.00 bits per heavy atom. The second kappa shape index (κ2) is 6.64. The van der Waals surface area contributed by atoms with Gasteiger partial charge in [-0.1, -0.05) is 24.3 Å². The number of benzene rings is 1. The number of aliphatic carboxylic acids is 1. The van der Waals surface area contributed by atoms with Crippen LogP contribution in [0.15, 0.2) is 36.5 Å². The summed E-state index contributed by atoms with van der Waals surface area (Å²) >= 11 is 0. The molecule has 6 nitrogen and oxygen atoms in total. The fourth-order valence-electron chi connectivity index (χ4n) is 2.00. The zero-order valence-corrected chi connectivity index (χ0v) is 12.1. The third-order valence-corrected chi connectivity index (χ3v) is 4.40. The van der Waals surface area contributed by atoms with E-state index in [4.69, 9.17) is 5.11 Å². The summed E-state index contributed by atoms with van der Waals surface area (Å²) in [5.74, 6) is -1.53. The van der Waals surface area contributed by atoms with Crippen LogP contribution in [0.1, 0.15) is 12.0 Å². The van der Waals surface area contributed by atoms with E-state index in [1.54, 1.807) is 6.20 Å². The summed E-state index contributed by atoms with van der Waals surface area (Å²) in [5, 5.41) is 9.50. The highest BCUT2D eigenvalue weighted by Gasteiger charge is 2.12. The number of fused-ring (bicyclic) bond motifs is 1. The third-order valence-electron chi connectivity index (χ3n) is 3.02. The van der Waals surface area contributed by atoms with Gasteiger partial charge in [-0.2, -0.15) is 0 Å². The Hall–Kier alpha value is -1.99. The molecule has 0 aliphatic heterocycles. The van der Waals surface area contributed by atoms with E-state index >= 15 is 0 Å². The van der Waals surface area contributed by atoms with Crippen LogP contribution in [0, 0.1) is 0 Å². The Labute approximate surface area is 122 Å². The minimum atomic E-state index is -3.55. The van der Waals surface area contributed by atoms with Crippen LogP contribution in [0.3, 0.4) is 0 Å². The lowest BCUT2D eigenvalue weighted by molar-refractivity contribution is -0.136. The second-order valence-corrected chi connectivity index (χ2v) is 6.53. The number of carboxylic acid groups (broad SMARTS) is 1. The molecule has 7 heteroatoms. The number of aromatic nitrogens is 1. The number of para-hydroxylation sites is 1. The Balaban J connectivity index is 1.98. The van der Waals surface area contributed by atoms with Gasteiger partial charge in [0.25, 0.3) is 0 Å². The van der Waals surface area contributed by atoms with Gasteiger partial charge in [-0.25, -0.2) is 13.1 Å². The lowest BCUT2D eigenvalue weighted by Crippen LogP contribution is -2.29. The molecule has 0 spiro atoms. The number of carboxylic acids is 1. The zero-order valence-electron chi connectivity index (χ0n) is 11.3. The molecule has 0 amide bonds. The van der Waals surface area contributed by atoms with E-state index in [0.29, 0.717) is 6.42 Å². The highest BCUT2D eigenvalue weighted by molar-refractivity contribution is 7.89. The standard InChI is InChI=1S/C14H16N2O4S/c17-13(18)7-10-21(19,20)16-9-6-12-4-1-3-11-5-2-8-15-14(11)12/h1-5,8,16H,6-7,9-10H2,(H,17,18). The summed E-state index contributed by atoms with van der Waals surface area (Å²) in [4.78, 5) is 14.7. The SMILES string of the molecule is O=C(O)CCS(=O)(=O)NCCc1cccc2cccnc12. The average Bonchev–Trinajstić information content (AvgIpc) is 2.45. The predicted molar refractivity (Wildman–Crippen MR) is 79.5 cm³/mol. The minimum Gasteiger partial charge on any atom is -0.481 e. The fourth-order valence-corrected chi connectivity index (χ4v) is 3.00. The van der Waals surface area contributed by atoms with Crippen LogP contribution < -0.4 is 4.72 Å². The molecule has 0 fully saturated rings. The van der Waals surface area contributed by atoms with E-state index in [-0.39, 0.29) is 6.54 Å². The van der Waals surface area contributed by atoms with Gasteiger partial charge in [-0.15, -0.1) is 0 Å². The van der Waals surface area contributed by atoms with Gasteiger partial charge in [0, 0.05) is 18.1 Å². The van der Waals surface area contributed by atoms with Crippen molar-refractivity contribution in [1.29, 1.82) is 0 Å². The van der Waals surface area contributed by atoms with E-state index in [1.165, 1.54) is 0 Å². The van der Waals surface area contributed by atoms with Crippen molar-refractivity contribution < 1.29 is 18.3 Å². The molecule has 2 N–H and O–H groups in total. The highest BCUT2D eigenvalue weighted by atomic mass is 32.2. The van der Waals surface area contributed by atoms with Gasteiger partial charge in [0.1, 0.15) is 0 Å². The maximum Gasteiger partial charge on any atom is 0.304 e. The van der Waals surface area contributed by atoms with E-state index in [2.05, 4.69) is 9.71 Å². The van der Waals surface area contributed by atoms with Crippen molar-refractivity contribution in [2.45, 2.75) is 12.8 Å². The molecule has 112 valence electrons. The first-order chi connectivity index (χ1) is 9.98. The van der Waals surface area contributed by atoms with Crippen LogP contribution in [-0.4, -0.2) is 36.8 Å². The molecule has 1 aromatic heterocycles. The number of hydrogen-bond acceptors (Lipinski definition) is 4. The van der Waals surface area contributed by atoms with Gasteiger partial charge in [0.05, 0.1) is 17.7 Å². The smallest absolute Gasteiger partial charge is 0.304 e. The van der Waals surface area contributed by atoms with Gasteiger partial charge >= 0.3 is 5.97 Å². The van der Waals surface area contributed by atoms with Crippen molar-refractivity contribution in [2.75, 3.05) is 12.3 Å². The summed E-state index contributed by atoms with van der Waals surface area (Å²) in [6.07, 6.45) is 1.80. The van der Waals surface area contributed by atoms with Gasteiger partial charge < -0.3 is 5.11 Å². The Bertz CT molecular complexity index is 738. The molecule has 0 bridgehead atoms. The Morgan fingerprint density at radius 1 is 1.24 bits per heavy atom. The molecule has 0 aliphatic rings. The molecule has 0 atom stereocenters. The largest absolute Gasteiger partial charge is 0.481 e. The van der Waals surface area contributed by atoms with Gasteiger partial charge in [0.2, 0.25) is 10.0 Å². The van der Waals surface area contributed by atoms with Crippen LogP contribution in [0.5, 0.6) is 0 Å². The summed E-state index contributed by atoms with van der Waals surface area (Å²) in [7, 11) is -3.55. The molecule has 0 saturated carbocycles. The Morgan fingerprint density at radius 3 is 2.76 bits per heavy atom. The summed E-state index contributed by atoms with van der Waals surface area (Å²) < 4.78 is 25.6. The number of nitrogens with zero attached hydrogens (tertiary/aromatic N) is 1. The van der Waals surface area contributed by atoms with Crippen LogP contribution >= 0.6 is 0 Å². The summed E-state index contributed by atoms with van der Waals surface area (Å²) in [6.45, 7) is 0.220. The molecule has 1 heterocycles. The molecule has 0 aliphatic carbocycles. The molecule has 1 aromatic carbocycles. The maximum atomic E-state index is 11.6. The molecular formula is C14H16N2O4S. The molecule has 0 saturated heterocycles. The van der Waals surface area contributed by atoms with E-state index in [1.807, 2.05) is 30.3 Å². The summed E-state index contributed by atoms with van der Waals surface area (Å²) in [6, 6.07) is 9.55. The normalized spacial score (nSPS) is 11.6. The molecule has 2 aromatic rings. The first kappa shape index (κ1) is 15.4. The number of sulfonamides is 1. The monoisotopic (exact) mass is 308 g/mol. The van der Waals surface area contributed by atoms with Crippen molar-refractivity contribution in [3.8, 4) is 0 Å². The van der Waals surface area contributed by atoms with Crippen LogP contribution in [-0.2, 0) is 21.2 Å². The van der Waals surface area contributed by atoms with Crippen molar-refractivity contribution in [3.05, 3.63) is 42.1 Å². The number of pyridine rings is 1. The first-order valence-corrected chi connectivity index (χ1v) is 8.15. The number of nitrogens with one attached hydrogen (secondary N) is 1. The Kier molecular flexibility index (Phi) is 4.87. The van der Waals surface area contributed by atoms with E-state index < -0.39 is 28.2 Å². The van der Waals surface area contributed by atoms with Gasteiger partial charge in [-0.3, -0.25) is 9.78 Å². The van der Waals surface area contributed by atoms with Gasteiger partial charge in [-0.05, 0) is 18.1 Å². The van der Waals surface area contributed by atoms with Crippen molar-refractivity contribution >= 4 is 26.9 Å². The van der Waals surface area contributed by atoms with E-state index in [9.17, 15) is 13.2 Å². The first-order valence-electron chi connectivity index (χ1n) is 6.50. The number of hydrogen-bond donors (Lipinski definition) is 2. The van der Waals surface area contributed by atoms with Crippen molar-refractivity contribution in [1.82, 2.24) is 9.71 Å². The fraction of sp³-hybridized carbons (Fsp3) is 0.286. The third kappa shape index (κ3) is 4.51. The molecular weight excluding hydrogens is 292 g/mol. The lowest BCUT2D eigenvalue weighted by atomic mass is 10.1.